The molecule has 3 rings (SSSR count). The Morgan fingerprint density at radius 1 is 1.06 bits per heavy atom. The van der Waals surface area contributed by atoms with E-state index in [1.807, 2.05) is 36.4 Å². The van der Waals surface area contributed by atoms with Gasteiger partial charge < -0.3 is 4.42 Å². The molecule has 78 valence electrons. The summed E-state index contributed by atoms with van der Waals surface area (Å²) in [6.45, 7) is 0. The van der Waals surface area contributed by atoms with Gasteiger partial charge in [-0.05, 0) is 12.1 Å². The fourth-order valence-corrected chi connectivity index (χ4v) is 1.61. The van der Waals surface area contributed by atoms with Gasteiger partial charge in [-0.1, -0.05) is 30.3 Å². The van der Waals surface area contributed by atoms with Crippen LogP contribution in [0.15, 0.2) is 51.7 Å². The molecule has 0 aliphatic rings. The largest absolute Gasteiger partial charge is 0.418 e. The molecule has 0 atom stereocenters. The van der Waals surface area contributed by atoms with Gasteiger partial charge in [-0.15, -0.1) is 0 Å². The Kier molecular flexibility index (Phi) is 1.86. The summed E-state index contributed by atoms with van der Waals surface area (Å²) in [4.78, 5) is 17.8. The highest BCUT2D eigenvalue weighted by Gasteiger charge is 2.04. The molecule has 1 aromatic carbocycles. The van der Waals surface area contributed by atoms with Gasteiger partial charge in [-0.2, -0.15) is 0 Å². The van der Waals surface area contributed by atoms with Crippen LogP contribution in [0.3, 0.4) is 0 Å². The van der Waals surface area contributed by atoms with Crippen molar-refractivity contribution in [2.45, 2.75) is 0 Å². The number of benzene rings is 1. The van der Waals surface area contributed by atoms with E-state index in [4.69, 9.17) is 4.42 Å². The standard InChI is InChI=1S/C12H8N2O2/c15-12-14-10-7-6-9(13-11(10)16-12)8-4-2-1-3-5-8/h1-7H,(H,14,15). The maximum absolute atomic E-state index is 11.0. The maximum atomic E-state index is 11.0. The highest BCUT2D eigenvalue weighted by Crippen LogP contribution is 2.18. The Labute approximate surface area is 90.6 Å². The van der Waals surface area contributed by atoms with E-state index in [2.05, 4.69) is 9.97 Å². The monoisotopic (exact) mass is 212 g/mol. The number of aromatic amines is 1. The third-order valence-electron chi connectivity index (χ3n) is 2.36. The second-order valence-corrected chi connectivity index (χ2v) is 3.43. The van der Waals surface area contributed by atoms with Gasteiger partial charge in [-0.25, -0.2) is 9.78 Å². The van der Waals surface area contributed by atoms with Gasteiger partial charge in [-0.3, -0.25) is 4.98 Å². The van der Waals surface area contributed by atoms with E-state index in [0.29, 0.717) is 11.2 Å². The first-order chi connectivity index (χ1) is 7.83. The van der Waals surface area contributed by atoms with Gasteiger partial charge in [0.2, 0.25) is 5.71 Å². The van der Waals surface area contributed by atoms with Crippen LogP contribution in [-0.2, 0) is 0 Å². The van der Waals surface area contributed by atoms with Crippen LogP contribution in [0.4, 0.5) is 0 Å². The lowest BCUT2D eigenvalue weighted by molar-refractivity contribution is 0.546. The van der Waals surface area contributed by atoms with Crippen LogP contribution >= 0.6 is 0 Å². The average Bonchev–Trinajstić information content (AvgIpc) is 2.69. The number of nitrogens with zero attached hydrogens (tertiary/aromatic N) is 1. The van der Waals surface area contributed by atoms with Crippen molar-refractivity contribution in [3.05, 3.63) is 53.0 Å². The summed E-state index contributed by atoms with van der Waals surface area (Å²) in [6, 6.07) is 13.4. The van der Waals surface area contributed by atoms with E-state index in [1.165, 1.54) is 0 Å². The smallest absolute Gasteiger partial charge is 0.389 e. The molecular formula is C12H8N2O2. The zero-order valence-electron chi connectivity index (χ0n) is 8.31. The molecule has 0 fully saturated rings. The van der Waals surface area contributed by atoms with Gasteiger partial charge >= 0.3 is 5.76 Å². The summed E-state index contributed by atoms with van der Waals surface area (Å²) in [7, 11) is 0. The van der Waals surface area contributed by atoms with E-state index < -0.39 is 5.76 Å². The molecule has 2 heterocycles. The molecule has 0 aliphatic carbocycles. The second kappa shape index (κ2) is 3.34. The number of oxazole rings is 1. The van der Waals surface area contributed by atoms with Crippen LogP contribution in [-0.4, -0.2) is 9.97 Å². The summed E-state index contributed by atoms with van der Waals surface area (Å²) < 4.78 is 4.91. The van der Waals surface area contributed by atoms with Crippen LogP contribution in [0.2, 0.25) is 0 Å². The van der Waals surface area contributed by atoms with E-state index in [-0.39, 0.29) is 0 Å². The molecule has 1 N–H and O–H groups in total. The molecule has 0 bridgehead atoms. The number of rotatable bonds is 1. The Balaban J connectivity index is 2.22. The SMILES string of the molecule is O=c1[nH]c2ccc(-c3ccccc3)nc2o1. The lowest BCUT2D eigenvalue weighted by Crippen LogP contribution is -1.92. The highest BCUT2D eigenvalue weighted by atomic mass is 16.4. The molecule has 0 amide bonds. The van der Waals surface area contributed by atoms with Gasteiger partial charge in [0.05, 0.1) is 5.69 Å². The minimum absolute atomic E-state index is 0.339. The molecule has 0 aliphatic heterocycles. The fourth-order valence-electron chi connectivity index (χ4n) is 1.61. The van der Waals surface area contributed by atoms with E-state index in [9.17, 15) is 4.79 Å². The first-order valence-corrected chi connectivity index (χ1v) is 4.88. The zero-order valence-corrected chi connectivity index (χ0v) is 8.31. The van der Waals surface area contributed by atoms with Crippen molar-refractivity contribution in [2.24, 2.45) is 0 Å². The lowest BCUT2D eigenvalue weighted by Gasteiger charge is -1.98. The zero-order chi connectivity index (χ0) is 11.0. The normalized spacial score (nSPS) is 10.8. The lowest BCUT2D eigenvalue weighted by atomic mass is 10.1. The van der Waals surface area contributed by atoms with E-state index in [1.54, 1.807) is 6.07 Å². The van der Waals surface area contributed by atoms with Crippen LogP contribution in [0.1, 0.15) is 0 Å². The van der Waals surface area contributed by atoms with E-state index >= 15 is 0 Å². The molecule has 4 heteroatoms. The predicted molar refractivity (Wildman–Crippen MR) is 60.1 cm³/mol. The summed E-state index contributed by atoms with van der Waals surface area (Å²) in [5.41, 5.74) is 2.74. The first-order valence-electron chi connectivity index (χ1n) is 4.88. The highest BCUT2D eigenvalue weighted by molar-refractivity contribution is 5.72. The maximum Gasteiger partial charge on any atom is 0.418 e. The Hall–Kier alpha value is -2.36. The van der Waals surface area contributed by atoms with Crippen molar-refractivity contribution in [1.82, 2.24) is 9.97 Å². The number of aromatic nitrogens is 2. The Morgan fingerprint density at radius 3 is 2.69 bits per heavy atom. The van der Waals surface area contributed by atoms with Crippen molar-refractivity contribution >= 4 is 11.2 Å². The summed E-state index contributed by atoms with van der Waals surface area (Å²) in [6.07, 6.45) is 0. The van der Waals surface area contributed by atoms with Crippen LogP contribution in [0.5, 0.6) is 0 Å². The van der Waals surface area contributed by atoms with Gasteiger partial charge in [0, 0.05) is 5.56 Å². The van der Waals surface area contributed by atoms with Crippen molar-refractivity contribution in [1.29, 1.82) is 0 Å². The van der Waals surface area contributed by atoms with Crippen molar-refractivity contribution in [2.75, 3.05) is 0 Å². The summed E-state index contributed by atoms with van der Waals surface area (Å²) >= 11 is 0. The molecular weight excluding hydrogens is 204 g/mol. The number of hydrogen-bond donors (Lipinski definition) is 1. The Morgan fingerprint density at radius 2 is 1.88 bits per heavy atom. The number of pyridine rings is 1. The quantitative estimate of drug-likeness (QED) is 0.672. The van der Waals surface area contributed by atoms with Crippen LogP contribution in [0.25, 0.3) is 22.5 Å². The van der Waals surface area contributed by atoms with Crippen LogP contribution < -0.4 is 5.76 Å². The molecule has 0 saturated heterocycles. The minimum atomic E-state index is -0.479. The molecule has 0 spiro atoms. The Bertz CT molecular complexity index is 683. The summed E-state index contributed by atoms with van der Waals surface area (Å²) in [5, 5.41) is 0. The fraction of sp³-hybridized carbons (Fsp3) is 0. The topological polar surface area (TPSA) is 58.9 Å². The molecule has 0 unspecified atom stereocenters. The van der Waals surface area contributed by atoms with Crippen LogP contribution in [0, 0.1) is 0 Å². The van der Waals surface area contributed by atoms with Gasteiger partial charge in [0.25, 0.3) is 0 Å². The van der Waals surface area contributed by atoms with Crippen molar-refractivity contribution < 1.29 is 4.42 Å². The molecule has 0 radical (unpaired) electrons. The molecule has 3 aromatic rings. The molecule has 0 saturated carbocycles. The average molecular weight is 212 g/mol. The molecule has 2 aromatic heterocycles. The van der Waals surface area contributed by atoms with Crippen molar-refractivity contribution in [3.8, 4) is 11.3 Å². The van der Waals surface area contributed by atoms with Gasteiger partial charge in [0.15, 0.2) is 0 Å². The number of nitrogens with one attached hydrogen (secondary N) is 1. The van der Waals surface area contributed by atoms with E-state index in [0.717, 1.165) is 11.3 Å². The van der Waals surface area contributed by atoms with Crippen molar-refractivity contribution in [3.63, 3.8) is 0 Å². The number of H-pyrrole nitrogens is 1. The van der Waals surface area contributed by atoms with Gasteiger partial charge in [0.1, 0.15) is 5.52 Å². The third-order valence-corrected chi connectivity index (χ3v) is 2.36. The number of fused-ring (bicyclic) bond motifs is 1. The molecule has 16 heavy (non-hydrogen) atoms. The first kappa shape index (κ1) is 8.91. The molecule has 4 nitrogen and oxygen atoms in total. The number of hydrogen-bond acceptors (Lipinski definition) is 3. The minimum Gasteiger partial charge on any atom is -0.389 e. The third kappa shape index (κ3) is 1.40. The second-order valence-electron chi connectivity index (χ2n) is 3.43. The predicted octanol–water partition coefficient (Wildman–Crippen LogP) is 2.18. The summed E-state index contributed by atoms with van der Waals surface area (Å²) in [5.74, 6) is -0.479.